The van der Waals surface area contributed by atoms with E-state index in [1.165, 1.54) is 6.20 Å². The molecule has 0 aliphatic rings. The number of aryl methyl sites for hydroxylation is 2. The van der Waals surface area contributed by atoms with E-state index in [0.29, 0.717) is 16.9 Å². The van der Waals surface area contributed by atoms with Crippen LogP contribution in [-0.4, -0.2) is 39.0 Å². The average molecular weight is 404 g/mol. The summed E-state index contributed by atoms with van der Waals surface area (Å²) in [5.74, 6) is -0.460. The van der Waals surface area contributed by atoms with Crippen LogP contribution in [0.15, 0.2) is 48.7 Å². The van der Waals surface area contributed by atoms with E-state index in [2.05, 4.69) is 15.4 Å². The molecule has 0 fully saturated rings. The van der Waals surface area contributed by atoms with Crippen LogP contribution in [0.3, 0.4) is 0 Å². The molecule has 4 rings (SSSR count). The van der Waals surface area contributed by atoms with Gasteiger partial charge in [-0.3, -0.25) is 4.68 Å². The van der Waals surface area contributed by atoms with Crippen LogP contribution < -0.4 is 5.32 Å². The van der Waals surface area contributed by atoms with Crippen molar-refractivity contribution in [3.63, 3.8) is 0 Å². The van der Waals surface area contributed by atoms with Crippen molar-refractivity contribution >= 4 is 33.5 Å². The molecule has 30 heavy (non-hydrogen) atoms. The van der Waals surface area contributed by atoms with Crippen molar-refractivity contribution in [2.24, 2.45) is 7.05 Å². The van der Waals surface area contributed by atoms with Crippen molar-refractivity contribution in [2.75, 3.05) is 18.5 Å². The second-order valence-electron chi connectivity index (χ2n) is 7.18. The number of esters is 1. The number of carbonyl (C=O) groups excluding carboxylic acids is 1. The smallest absolute Gasteiger partial charge is 0.341 e. The van der Waals surface area contributed by atoms with Crippen LogP contribution in [-0.2, 0) is 11.8 Å². The molecule has 0 saturated carbocycles. The quantitative estimate of drug-likeness (QED) is 0.476. The minimum Gasteiger partial charge on any atom is -0.462 e. The Labute approximate surface area is 174 Å². The number of benzene rings is 2. The topological polar surface area (TPSA) is 89.3 Å². The summed E-state index contributed by atoms with van der Waals surface area (Å²) >= 11 is 0. The summed E-state index contributed by atoms with van der Waals surface area (Å²) in [6.45, 7) is 4.11. The molecule has 1 atom stereocenters. The second-order valence-corrected chi connectivity index (χ2v) is 7.18. The molecule has 0 aliphatic heterocycles. The molecule has 0 bridgehead atoms. The molecule has 7 nitrogen and oxygen atoms in total. The fraction of sp³-hybridized carbons (Fsp3) is 0.261. The molecule has 0 amide bonds. The molecule has 0 saturated heterocycles. The van der Waals surface area contributed by atoms with Gasteiger partial charge in [-0.2, -0.15) is 5.10 Å². The predicted molar refractivity (Wildman–Crippen MR) is 117 cm³/mol. The number of rotatable bonds is 6. The SMILES string of the molecule is CCOC(=O)c1cnc2c(c(C)nn2C)c1NCC(O)c1ccc2ccccc2c1. The van der Waals surface area contributed by atoms with Crippen LogP contribution in [0, 0.1) is 6.92 Å². The second kappa shape index (κ2) is 8.12. The molecule has 4 aromatic rings. The molecule has 154 valence electrons. The van der Waals surface area contributed by atoms with Crippen LogP contribution in [0.5, 0.6) is 0 Å². The van der Waals surface area contributed by atoms with Crippen LogP contribution in [0.25, 0.3) is 21.8 Å². The zero-order valence-electron chi connectivity index (χ0n) is 17.2. The van der Waals surface area contributed by atoms with E-state index in [-0.39, 0.29) is 13.2 Å². The van der Waals surface area contributed by atoms with Crippen molar-refractivity contribution in [3.8, 4) is 0 Å². The molecule has 0 aliphatic carbocycles. The lowest BCUT2D eigenvalue weighted by atomic mass is 10.0. The summed E-state index contributed by atoms with van der Waals surface area (Å²) in [4.78, 5) is 16.9. The number of aliphatic hydroxyl groups excluding tert-OH is 1. The first kappa shape index (κ1) is 19.8. The number of ether oxygens (including phenoxy) is 1. The minimum atomic E-state index is -0.759. The van der Waals surface area contributed by atoms with E-state index in [1.807, 2.05) is 49.4 Å². The van der Waals surface area contributed by atoms with Crippen LogP contribution in [0.1, 0.15) is 34.6 Å². The van der Waals surface area contributed by atoms with Gasteiger partial charge in [0.2, 0.25) is 0 Å². The molecule has 1 unspecified atom stereocenters. The Bertz CT molecular complexity index is 1230. The Morgan fingerprint density at radius 2 is 2.00 bits per heavy atom. The number of carbonyl (C=O) groups is 1. The van der Waals surface area contributed by atoms with Gasteiger partial charge < -0.3 is 15.2 Å². The Morgan fingerprint density at radius 1 is 1.23 bits per heavy atom. The molecule has 0 spiro atoms. The lowest BCUT2D eigenvalue weighted by Crippen LogP contribution is -2.16. The van der Waals surface area contributed by atoms with Gasteiger partial charge in [0.1, 0.15) is 5.56 Å². The van der Waals surface area contributed by atoms with Gasteiger partial charge in [-0.05, 0) is 36.2 Å². The normalized spacial score (nSPS) is 12.3. The Kier molecular flexibility index (Phi) is 5.37. The minimum absolute atomic E-state index is 0.220. The fourth-order valence-corrected chi connectivity index (χ4v) is 3.69. The number of nitrogens with zero attached hydrogens (tertiary/aromatic N) is 3. The van der Waals surface area contributed by atoms with Gasteiger partial charge in [0, 0.05) is 19.8 Å². The first-order valence-electron chi connectivity index (χ1n) is 9.89. The number of nitrogens with one attached hydrogen (secondary N) is 1. The highest BCUT2D eigenvalue weighted by molar-refractivity contribution is 6.05. The predicted octanol–water partition coefficient (Wildman–Crippen LogP) is 3.75. The van der Waals surface area contributed by atoms with E-state index in [0.717, 1.165) is 27.4 Å². The van der Waals surface area contributed by atoms with Crippen LogP contribution in [0.4, 0.5) is 5.69 Å². The first-order chi connectivity index (χ1) is 14.5. The highest BCUT2D eigenvalue weighted by Gasteiger charge is 2.21. The zero-order valence-corrected chi connectivity index (χ0v) is 17.2. The molecule has 2 N–H and O–H groups in total. The van der Waals surface area contributed by atoms with Crippen molar-refractivity contribution in [3.05, 3.63) is 65.5 Å². The maximum absolute atomic E-state index is 12.5. The zero-order chi connectivity index (χ0) is 21.3. The van der Waals surface area contributed by atoms with Gasteiger partial charge in [-0.15, -0.1) is 0 Å². The Morgan fingerprint density at radius 3 is 2.77 bits per heavy atom. The average Bonchev–Trinajstić information content (AvgIpc) is 3.05. The van der Waals surface area contributed by atoms with Crippen molar-refractivity contribution < 1.29 is 14.6 Å². The summed E-state index contributed by atoms with van der Waals surface area (Å²) in [7, 11) is 1.81. The summed E-state index contributed by atoms with van der Waals surface area (Å²) in [5.41, 5.74) is 3.10. The Balaban J connectivity index is 1.67. The van der Waals surface area contributed by atoms with E-state index >= 15 is 0 Å². The van der Waals surface area contributed by atoms with Gasteiger partial charge in [-0.25, -0.2) is 9.78 Å². The number of hydrogen-bond acceptors (Lipinski definition) is 6. The summed E-state index contributed by atoms with van der Waals surface area (Å²) in [5, 5.41) is 21.4. The van der Waals surface area contributed by atoms with Gasteiger partial charge >= 0.3 is 5.97 Å². The number of aromatic nitrogens is 3. The van der Waals surface area contributed by atoms with Gasteiger partial charge in [0.05, 0.1) is 29.5 Å². The molecule has 2 heterocycles. The maximum atomic E-state index is 12.5. The number of fused-ring (bicyclic) bond motifs is 2. The molecule has 7 heteroatoms. The van der Waals surface area contributed by atoms with Gasteiger partial charge in [0.15, 0.2) is 5.65 Å². The highest BCUT2D eigenvalue weighted by Crippen LogP contribution is 2.30. The lowest BCUT2D eigenvalue weighted by Gasteiger charge is -2.17. The van der Waals surface area contributed by atoms with Gasteiger partial charge in [0.25, 0.3) is 0 Å². The number of pyridine rings is 1. The molecular formula is C23H24N4O3. The third-order valence-electron chi connectivity index (χ3n) is 5.15. The standard InChI is InChI=1S/C23H24N4O3/c1-4-30-23(29)18-12-25-22-20(14(2)26-27(22)3)21(18)24-13-19(28)17-10-9-15-7-5-6-8-16(15)11-17/h5-12,19,28H,4,13H2,1-3H3,(H,24,25). The van der Waals surface area contributed by atoms with E-state index in [9.17, 15) is 9.90 Å². The van der Waals surface area contributed by atoms with E-state index in [4.69, 9.17) is 4.74 Å². The van der Waals surface area contributed by atoms with Crippen LogP contribution >= 0.6 is 0 Å². The lowest BCUT2D eigenvalue weighted by molar-refractivity contribution is 0.0527. The number of anilines is 1. The number of hydrogen-bond donors (Lipinski definition) is 2. The number of aliphatic hydroxyl groups is 1. The molecule has 2 aromatic heterocycles. The summed E-state index contributed by atoms with van der Waals surface area (Å²) in [6, 6.07) is 13.9. The fourth-order valence-electron chi connectivity index (χ4n) is 3.69. The largest absolute Gasteiger partial charge is 0.462 e. The van der Waals surface area contributed by atoms with Crippen molar-refractivity contribution in [2.45, 2.75) is 20.0 Å². The van der Waals surface area contributed by atoms with E-state index < -0.39 is 12.1 Å². The highest BCUT2D eigenvalue weighted by atomic mass is 16.5. The summed E-state index contributed by atoms with van der Waals surface area (Å²) < 4.78 is 6.87. The molecule has 0 radical (unpaired) electrons. The molecule has 2 aromatic carbocycles. The van der Waals surface area contributed by atoms with Crippen molar-refractivity contribution in [1.82, 2.24) is 14.8 Å². The maximum Gasteiger partial charge on any atom is 0.341 e. The Hall–Kier alpha value is -3.45. The third-order valence-corrected chi connectivity index (χ3v) is 5.15. The third kappa shape index (κ3) is 3.59. The monoisotopic (exact) mass is 404 g/mol. The van der Waals surface area contributed by atoms with Crippen molar-refractivity contribution in [1.29, 1.82) is 0 Å². The van der Waals surface area contributed by atoms with Crippen LogP contribution in [0.2, 0.25) is 0 Å². The van der Waals surface area contributed by atoms with E-state index in [1.54, 1.807) is 18.7 Å². The van der Waals surface area contributed by atoms with Gasteiger partial charge in [-0.1, -0.05) is 36.4 Å². The first-order valence-corrected chi connectivity index (χ1v) is 9.89. The molecular weight excluding hydrogens is 380 g/mol. The summed E-state index contributed by atoms with van der Waals surface area (Å²) in [6.07, 6.45) is 0.733.